The minimum absolute atomic E-state index is 0.0510. The SMILES string of the molecule is O=C(c1nc2ncccn2n1)N1C[C@@H](Cc2ccnc3ccccc23)[C@H](O)C1. The Bertz CT molecular complexity index is 1140. The van der Waals surface area contributed by atoms with E-state index >= 15 is 0 Å². The molecule has 28 heavy (non-hydrogen) atoms. The monoisotopic (exact) mass is 374 g/mol. The first kappa shape index (κ1) is 16.8. The van der Waals surface area contributed by atoms with Crippen LogP contribution in [0.5, 0.6) is 0 Å². The van der Waals surface area contributed by atoms with Gasteiger partial charge in [-0.3, -0.25) is 9.78 Å². The molecule has 8 heteroatoms. The summed E-state index contributed by atoms with van der Waals surface area (Å²) in [5.41, 5.74) is 2.06. The number of aliphatic hydroxyl groups is 1. The predicted molar refractivity (Wildman–Crippen MR) is 102 cm³/mol. The Balaban J connectivity index is 1.36. The molecule has 4 heterocycles. The summed E-state index contributed by atoms with van der Waals surface area (Å²) in [4.78, 5) is 27.1. The maximum atomic E-state index is 12.8. The van der Waals surface area contributed by atoms with Crippen LogP contribution >= 0.6 is 0 Å². The van der Waals surface area contributed by atoms with Crippen LogP contribution in [0, 0.1) is 5.92 Å². The highest BCUT2D eigenvalue weighted by atomic mass is 16.3. The lowest BCUT2D eigenvalue weighted by molar-refractivity contribution is 0.0753. The Labute approximate surface area is 160 Å². The molecule has 5 rings (SSSR count). The van der Waals surface area contributed by atoms with E-state index in [0.29, 0.717) is 18.7 Å². The highest BCUT2D eigenvalue weighted by molar-refractivity contribution is 5.91. The minimum Gasteiger partial charge on any atom is -0.391 e. The van der Waals surface area contributed by atoms with Gasteiger partial charge in [0.1, 0.15) is 0 Å². The fraction of sp³-hybridized carbons (Fsp3) is 0.250. The average molecular weight is 374 g/mol. The Kier molecular flexibility index (Phi) is 3.98. The number of nitrogens with zero attached hydrogens (tertiary/aromatic N) is 6. The van der Waals surface area contributed by atoms with Crippen molar-refractivity contribution in [1.82, 2.24) is 29.5 Å². The summed E-state index contributed by atoms with van der Waals surface area (Å²) in [7, 11) is 0. The Morgan fingerprint density at radius 1 is 1.11 bits per heavy atom. The lowest BCUT2D eigenvalue weighted by Crippen LogP contribution is -2.30. The molecule has 4 aromatic rings. The summed E-state index contributed by atoms with van der Waals surface area (Å²) in [5.74, 6) is 0.142. The molecule has 0 aliphatic carbocycles. The van der Waals surface area contributed by atoms with E-state index in [1.165, 1.54) is 4.52 Å². The van der Waals surface area contributed by atoms with Crippen LogP contribution in [0.4, 0.5) is 0 Å². The van der Waals surface area contributed by atoms with Gasteiger partial charge in [0.25, 0.3) is 11.7 Å². The van der Waals surface area contributed by atoms with Gasteiger partial charge in [0.05, 0.1) is 11.6 Å². The van der Waals surface area contributed by atoms with Crippen molar-refractivity contribution in [1.29, 1.82) is 0 Å². The molecule has 2 atom stereocenters. The minimum atomic E-state index is -0.592. The molecule has 1 amide bonds. The molecule has 0 saturated carbocycles. The maximum Gasteiger partial charge on any atom is 0.293 e. The standard InChI is InChI=1S/C20H18N6O2/c27-17-12-25(19(28)18-23-20-22-7-3-9-26(20)24-18)11-14(17)10-13-6-8-21-16-5-2-1-4-15(13)16/h1-9,14,17,27H,10-12H2/t14-,17-/m1/s1. The second-order valence-corrected chi connectivity index (χ2v) is 7.03. The number of carbonyl (C=O) groups is 1. The number of amides is 1. The molecular formula is C20H18N6O2. The van der Waals surface area contributed by atoms with Gasteiger partial charge in [-0.1, -0.05) is 18.2 Å². The lowest BCUT2D eigenvalue weighted by Gasteiger charge is -2.15. The quantitative estimate of drug-likeness (QED) is 0.581. The van der Waals surface area contributed by atoms with Crippen LogP contribution in [0.2, 0.25) is 0 Å². The summed E-state index contributed by atoms with van der Waals surface area (Å²) in [6, 6.07) is 11.7. The van der Waals surface area contributed by atoms with Crippen LogP contribution in [0.3, 0.4) is 0 Å². The van der Waals surface area contributed by atoms with Gasteiger partial charge in [-0.25, -0.2) is 9.50 Å². The van der Waals surface area contributed by atoms with Crippen molar-refractivity contribution >= 4 is 22.6 Å². The van der Waals surface area contributed by atoms with Crippen LogP contribution in [-0.4, -0.2) is 59.7 Å². The number of carbonyl (C=O) groups excluding carboxylic acids is 1. The molecule has 1 saturated heterocycles. The first-order valence-electron chi connectivity index (χ1n) is 9.16. The van der Waals surface area contributed by atoms with Crippen molar-refractivity contribution in [2.45, 2.75) is 12.5 Å². The number of pyridine rings is 1. The summed E-state index contributed by atoms with van der Waals surface area (Å²) < 4.78 is 1.47. The van der Waals surface area contributed by atoms with Crippen molar-refractivity contribution in [3.63, 3.8) is 0 Å². The van der Waals surface area contributed by atoms with Crippen molar-refractivity contribution in [2.75, 3.05) is 13.1 Å². The van der Waals surface area contributed by atoms with Crippen molar-refractivity contribution in [3.05, 3.63) is 66.4 Å². The van der Waals surface area contributed by atoms with Gasteiger partial charge >= 0.3 is 0 Å². The smallest absolute Gasteiger partial charge is 0.293 e. The third-order valence-corrected chi connectivity index (χ3v) is 5.22. The van der Waals surface area contributed by atoms with Crippen molar-refractivity contribution < 1.29 is 9.90 Å². The van der Waals surface area contributed by atoms with Crippen LogP contribution in [0.15, 0.2) is 55.0 Å². The second-order valence-electron chi connectivity index (χ2n) is 7.03. The second kappa shape index (κ2) is 6.65. The molecule has 8 nitrogen and oxygen atoms in total. The van der Waals surface area contributed by atoms with E-state index in [4.69, 9.17) is 0 Å². The zero-order valence-corrected chi connectivity index (χ0v) is 15.0. The van der Waals surface area contributed by atoms with E-state index in [1.54, 1.807) is 29.6 Å². The number of aliphatic hydroxyl groups excluding tert-OH is 1. The van der Waals surface area contributed by atoms with E-state index in [-0.39, 0.29) is 24.2 Å². The van der Waals surface area contributed by atoms with Gasteiger partial charge in [-0.2, -0.15) is 4.98 Å². The third kappa shape index (κ3) is 2.87. The number of likely N-dealkylation sites (tertiary alicyclic amines) is 1. The van der Waals surface area contributed by atoms with Crippen LogP contribution in [-0.2, 0) is 6.42 Å². The van der Waals surface area contributed by atoms with Gasteiger partial charge in [0.15, 0.2) is 0 Å². The summed E-state index contributed by atoms with van der Waals surface area (Å²) in [6.07, 6.45) is 5.17. The Hall–Kier alpha value is -3.39. The summed E-state index contributed by atoms with van der Waals surface area (Å²) in [5, 5.41) is 15.8. The predicted octanol–water partition coefficient (Wildman–Crippen LogP) is 1.35. The number of fused-ring (bicyclic) bond motifs is 2. The fourth-order valence-corrected chi connectivity index (χ4v) is 3.80. The lowest BCUT2D eigenvalue weighted by atomic mass is 9.94. The highest BCUT2D eigenvalue weighted by Crippen LogP contribution is 2.26. The molecule has 0 spiro atoms. The average Bonchev–Trinajstić information content (AvgIpc) is 3.31. The van der Waals surface area contributed by atoms with Gasteiger partial charge in [-0.15, -0.1) is 5.10 Å². The summed E-state index contributed by atoms with van der Waals surface area (Å²) in [6.45, 7) is 0.731. The van der Waals surface area contributed by atoms with Crippen molar-refractivity contribution in [2.24, 2.45) is 5.92 Å². The van der Waals surface area contributed by atoms with Gasteiger partial charge < -0.3 is 10.0 Å². The zero-order valence-electron chi connectivity index (χ0n) is 15.0. The molecule has 1 aliphatic heterocycles. The van der Waals surface area contributed by atoms with E-state index in [1.807, 2.05) is 30.3 Å². The van der Waals surface area contributed by atoms with E-state index in [0.717, 1.165) is 16.5 Å². The van der Waals surface area contributed by atoms with Crippen molar-refractivity contribution in [3.8, 4) is 0 Å². The number of hydrogen-bond acceptors (Lipinski definition) is 6. The molecule has 3 aromatic heterocycles. The Morgan fingerprint density at radius 3 is 2.89 bits per heavy atom. The van der Waals surface area contributed by atoms with Crippen LogP contribution < -0.4 is 0 Å². The number of aromatic nitrogens is 5. The number of para-hydroxylation sites is 1. The molecule has 0 unspecified atom stereocenters. The first-order valence-corrected chi connectivity index (χ1v) is 9.16. The molecule has 1 fully saturated rings. The molecule has 1 aliphatic rings. The maximum absolute atomic E-state index is 12.8. The highest BCUT2D eigenvalue weighted by Gasteiger charge is 2.36. The van der Waals surface area contributed by atoms with Gasteiger partial charge in [-0.05, 0) is 30.2 Å². The fourth-order valence-electron chi connectivity index (χ4n) is 3.80. The van der Waals surface area contributed by atoms with E-state index in [9.17, 15) is 9.90 Å². The molecule has 0 radical (unpaired) electrons. The number of hydrogen-bond donors (Lipinski definition) is 1. The number of benzene rings is 1. The molecule has 1 aromatic carbocycles. The first-order chi connectivity index (χ1) is 13.7. The van der Waals surface area contributed by atoms with E-state index in [2.05, 4.69) is 20.1 Å². The molecule has 140 valence electrons. The summed E-state index contributed by atoms with van der Waals surface area (Å²) >= 11 is 0. The number of rotatable bonds is 3. The Morgan fingerprint density at radius 2 is 2.00 bits per heavy atom. The van der Waals surface area contributed by atoms with Gasteiger partial charge in [0, 0.05) is 43.0 Å². The third-order valence-electron chi connectivity index (χ3n) is 5.22. The number of β-amino-alcohol motifs (C(OH)–C–C–N with tert-alkyl or cyclic N) is 1. The normalized spacial score (nSPS) is 19.5. The molecule has 1 N–H and O–H groups in total. The largest absolute Gasteiger partial charge is 0.391 e. The molecule has 0 bridgehead atoms. The van der Waals surface area contributed by atoms with E-state index < -0.39 is 6.10 Å². The molecular weight excluding hydrogens is 356 g/mol. The van der Waals surface area contributed by atoms with Crippen LogP contribution in [0.1, 0.15) is 16.2 Å². The van der Waals surface area contributed by atoms with Gasteiger partial charge in [0.2, 0.25) is 5.82 Å². The zero-order chi connectivity index (χ0) is 19.1. The topological polar surface area (TPSA) is 96.5 Å². The van der Waals surface area contributed by atoms with Crippen LogP contribution in [0.25, 0.3) is 16.7 Å².